The molecule has 1 saturated heterocycles. The van der Waals surface area contributed by atoms with Crippen molar-refractivity contribution in [2.45, 2.75) is 19.4 Å². The lowest BCUT2D eigenvalue weighted by Crippen LogP contribution is -2.34. The van der Waals surface area contributed by atoms with E-state index in [4.69, 9.17) is 6.57 Å². The number of nitrogens with zero attached hydrogens (tertiary/aromatic N) is 7. The van der Waals surface area contributed by atoms with Crippen molar-refractivity contribution in [2.75, 3.05) is 27.2 Å². The molecule has 1 aliphatic heterocycles. The zero-order valence-electron chi connectivity index (χ0n) is 20.5. The molecule has 2 aromatic heterocycles. The van der Waals surface area contributed by atoms with Crippen molar-refractivity contribution in [3.8, 4) is 17.1 Å². The molecule has 1 aliphatic rings. The number of imidazole rings is 1. The van der Waals surface area contributed by atoms with E-state index >= 15 is 4.39 Å². The Balaban J connectivity index is 1.69. The SMILES string of the molecule is [C-]#[N+]c1ccc(-c2nc(C(=O)N3CC[C@H](N(C)C)C3)c(C)n2-c2cc3cn(C)nc3cc2F)cc1F. The molecule has 0 radical (unpaired) electrons. The molecule has 0 unspecified atom stereocenters. The lowest BCUT2D eigenvalue weighted by molar-refractivity contribution is 0.0777. The Morgan fingerprint density at radius 1 is 1.19 bits per heavy atom. The number of likely N-dealkylation sites (tertiary alicyclic amines) is 1. The molecule has 0 bridgehead atoms. The number of benzene rings is 2. The summed E-state index contributed by atoms with van der Waals surface area (Å²) < 4.78 is 33.1. The van der Waals surface area contributed by atoms with Gasteiger partial charge >= 0.3 is 0 Å². The molecule has 3 heterocycles. The smallest absolute Gasteiger partial charge is 0.274 e. The Kier molecular flexibility index (Phi) is 5.80. The fraction of sp³-hybridized carbons (Fsp3) is 0.308. The first-order valence-electron chi connectivity index (χ1n) is 11.5. The molecule has 36 heavy (non-hydrogen) atoms. The van der Waals surface area contributed by atoms with Gasteiger partial charge in [0.25, 0.3) is 5.91 Å². The fourth-order valence-corrected chi connectivity index (χ4v) is 4.76. The van der Waals surface area contributed by atoms with E-state index in [0.717, 1.165) is 6.42 Å². The average Bonchev–Trinajstić information content (AvgIpc) is 3.54. The highest BCUT2D eigenvalue weighted by atomic mass is 19.1. The maximum atomic E-state index is 15.4. The van der Waals surface area contributed by atoms with E-state index in [1.54, 1.807) is 46.4 Å². The maximum Gasteiger partial charge on any atom is 0.274 e. The van der Waals surface area contributed by atoms with Gasteiger partial charge in [0.2, 0.25) is 5.69 Å². The molecule has 1 atom stereocenters. The number of halogens is 2. The van der Waals surface area contributed by atoms with Crippen LogP contribution >= 0.6 is 0 Å². The predicted octanol–water partition coefficient (Wildman–Crippen LogP) is 4.34. The Hall–Kier alpha value is -4.10. The number of hydrogen-bond acceptors (Lipinski definition) is 4. The molecule has 0 N–H and O–H groups in total. The molecule has 0 aliphatic carbocycles. The first-order chi connectivity index (χ1) is 17.2. The van der Waals surface area contributed by atoms with Crippen LogP contribution in [0.15, 0.2) is 36.5 Å². The van der Waals surface area contributed by atoms with E-state index in [1.807, 2.05) is 14.1 Å². The number of aryl methyl sites for hydroxylation is 1. The summed E-state index contributed by atoms with van der Waals surface area (Å²) in [5.74, 6) is -1.29. The average molecular weight is 490 g/mol. The van der Waals surface area contributed by atoms with Crippen molar-refractivity contribution in [3.63, 3.8) is 0 Å². The van der Waals surface area contributed by atoms with Gasteiger partial charge in [0, 0.05) is 49.4 Å². The minimum Gasteiger partial charge on any atom is -0.336 e. The number of hydrogen-bond donors (Lipinski definition) is 0. The highest BCUT2D eigenvalue weighted by Crippen LogP contribution is 2.33. The number of carbonyl (C=O) groups excluding carboxylic acids is 1. The second kappa shape index (κ2) is 8.84. The zero-order valence-corrected chi connectivity index (χ0v) is 20.5. The molecule has 10 heteroatoms. The van der Waals surface area contributed by atoms with Crippen LogP contribution < -0.4 is 0 Å². The third-order valence-corrected chi connectivity index (χ3v) is 6.75. The summed E-state index contributed by atoms with van der Waals surface area (Å²) >= 11 is 0. The third kappa shape index (κ3) is 3.91. The van der Waals surface area contributed by atoms with E-state index in [1.165, 1.54) is 18.2 Å². The number of carbonyl (C=O) groups is 1. The van der Waals surface area contributed by atoms with Crippen molar-refractivity contribution in [1.82, 2.24) is 29.1 Å². The molecule has 4 aromatic rings. The van der Waals surface area contributed by atoms with Gasteiger partial charge in [-0.15, -0.1) is 0 Å². The molecule has 8 nitrogen and oxygen atoms in total. The minimum absolute atomic E-state index is 0.125. The largest absolute Gasteiger partial charge is 0.336 e. The quantitative estimate of drug-likeness (QED) is 0.400. The first kappa shape index (κ1) is 23.6. The van der Waals surface area contributed by atoms with Gasteiger partial charge < -0.3 is 9.80 Å². The summed E-state index contributed by atoms with van der Waals surface area (Å²) in [7, 11) is 5.71. The highest BCUT2D eigenvalue weighted by molar-refractivity contribution is 5.95. The van der Waals surface area contributed by atoms with Gasteiger partial charge in [0.1, 0.15) is 23.2 Å². The number of amides is 1. The van der Waals surface area contributed by atoms with Gasteiger partial charge in [-0.1, -0.05) is 12.1 Å². The predicted molar refractivity (Wildman–Crippen MR) is 132 cm³/mol. The van der Waals surface area contributed by atoms with Crippen LogP contribution in [0.1, 0.15) is 22.6 Å². The molecular formula is C26H25F2N7O. The molecular weight excluding hydrogens is 464 g/mol. The van der Waals surface area contributed by atoms with Crippen molar-refractivity contribution in [1.29, 1.82) is 0 Å². The monoisotopic (exact) mass is 489 g/mol. The lowest BCUT2D eigenvalue weighted by atomic mass is 10.1. The van der Waals surface area contributed by atoms with Crippen LogP contribution in [0.2, 0.25) is 0 Å². The second-order valence-corrected chi connectivity index (χ2v) is 9.31. The molecule has 2 aromatic carbocycles. The maximum absolute atomic E-state index is 15.4. The normalized spacial score (nSPS) is 15.7. The van der Waals surface area contributed by atoms with Crippen molar-refractivity contribution < 1.29 is 13.6 Å². The van der Waals surface area contributed by atoms with Crippen LogP contribution in [0.3, 0.4) is 0 Å². The number of aromatic nitrogens is 4. The van der Waals surface area contributed by atoms with E-state index in [2.05, 4.69) is 19.8 Å². The summed E-state index contributed by atoms with van der Waals surface area (Å²) in [6, 6.07) is 7.33. The number of fused-ring (bicyclic) bond motifs is 1. The van der Waals surface area contributed by atoms with Crippen LogP contribution in [-0.2, 0) is 7.05 Å². The topological polar surface area (TPSA) is 63.6 Å². The van der Waals surface area contributed by atoms with Gasteiger partial charge in [0.15, 0.2) is 0 Å². The zero-order chi connectivity index (χ0) is 25.7. The first-order valence-corrected chi connectivity index (χ1v) is 11.5. The summed E-state index contributed by atoms with van der Waals surface area (Å²) in [6.07, 6.45) is 2.62. The second-order valence-electron chi connectivity index (χ2n) is 9.31. The molecule has 1 fully saturated rings. The van der Waals surface area contributed by atoms with Crippen LogP contribution in [0.4, 0.5) is 14.5 Å². The van der Waals surface area contributed by atoms with E-state index in [9.17, 15) is 9.18 Å². The summed E-state index contributed by atoms with van der Waals surface area (Å²) in [5, 5.41) is 4.97. The van der Waals surface area contributed by atoms with Crippen molar-refractivity contribution >= 4 is 22.5 Å². The van der Waals surface area contributed by atoms with Gasteiger partial charge in [-0.2, -0.15) is 5.10 Å². The molecule has 0 spiro atoms. The van der Waals surface area contributed by atoms with Crippen LogP contribution in [-0.4, -0.2) is 68.3 Å². The highest BCUT2D eigenvalue weighted by Gasteiger charge is 2.32. The number of rotatable bonds is 4. The Morgan fingerprint density at radius 3 is 2.64 bits per heavy atom. The fourth-order valence-electron chi connectivity index (χ4n) is 4.76. The summed E-state index contributed by atoms with van der Waals surface area (Å²) in [5.41, 5.74) is 1.51. The Bertz CT molecular complexity index is 1550. The molecule has 1 amide bonds. The van der Waals surface area contributed by atoms with Gasteiger partial charge in [0.05, 0.1) is 23.5 Å². The Morgan fingerprint density at radius 2 is 1.97 bits per heavy atom. The van der Waals surface area contributed by atoms with Gasteiger partial charge in [-0.25, -0.2) is 18.6 Å². The van der Waals surface area contributed by atoms with E-state index < -0.39 is 11.6 Å². The minimum atomic E-state index is -0.709. The lowest BCUT2D eigenvalue weighted by Gasteiger charge is -2.20. The molecule has 5 rings (SSSR count). The summed E-state index contributed by atoms with van der Waals surface area (Å²) in [6.45, 7) is 10.00. The number of likely N-dealkylation sites (N-methyl/N-ethyl adjacent to an activating group) is 1. The van der Waals surface area contributed by atoms with Crippen molar-refractivity contribution in [2.24, 2.45) is 7.05 Å². The summed E-state index contributed by atoms with van der Waals surface area (Å²) in [4.78, 5) is 25.2. The standard InChI is InChI=1S/C26H25F2N7O/c1-15-24(26(36)34-9-8-18(14-34)32(3)4)30-25(16-6-7-21(29-2)19(27)10-16)35(15)23-11-17-13-33(5)31-22(17)12-20(23)28/h6-7,10-13,18H,8-9,14H2,1,3-5H3/t18-/m0/s1. The van der Waals surface area contributed by atoms with Crippen molar-refractivity contribution in [3.05, 3.63) is 71.0 Å². The molecule has 0 saturated carbocycles. The van der Waals surface area contributed by atoms with Gasteiger partial charge in [-0.05, 0) is 39.6 Å². The van der Waals surface area contributed by atoms with E-state index in [-0.39, 0.29) is 34.8 Å². The Labute approximate surface area is 207 Å². The van der Waals surface area contributed by atoms with Crippen LogP contribution in [0.25, 0.3) is 32.8 Å². The third-order valence-electron chi connectivity index (χ3n) is 6.75. The van der Waals surface area contributed by atoms with Crippen LogP contribution in [0.5, 0.6) is 0 Å². The van der Waals surface area contributed by atoms with E-state index in [0.29, 0.717) is 35.2 Å². The van der Waals surface area contributed by atoms with Gasteiger partial charge in [-0.3, -0.25) is 14.0 Å². The molecule has 184 valence electrons. The van der Waals surface area contributed by atoms with Crippen LogP contribution in [0, 0.1) is 25.1 Å².